The van der Waals surface area contributed by atoms with Crippen LogP contribution in [0.15, 0.2) is 36.4 Å². The number of nitrogens with one attached hydrogen (secondary N) is 1. The second kappa shape index (κ2) is 9.74. The highest BCUT2D eigenvalue weighted by atomic mass is 35.5. The molecule has 1 aromatic heterocycles. The van der Waals surface area contributed by atoms with Gasteiger partial charge >= 0.3 is 5.97 Å². The van der Waals surface area contributed by atoms with Crippen molar-refractivity contribution in [3.8, 4) is 0 Å². The summed E-state index contributed by atoms with van der Waals surface area (Å²) in [4.78, 5) is 24.5. The summed E-state index contributed by atoms with van der Waals surface area (Å²) in [7, 11) is 0. The quantitative estimate of drug-likeness (QED) is 0.444. The first-order valence-corrected chi connectivity index (χ1v) is 11.8. The van der Waals surface area contributed by atoms with Crippen molar-refractivity contribution >= 4 is 46.0 Å². The molecule has 1 unspecified atom stereocenters. The molecular formula is C25H25Cl2FN2O3. The van der Waals surface area contributed by atoms with Crippen LogP contribution in [0, 0.1) is 5.82 Å². The summed E-state index contributed by atoms with van der Waals surface area (Å²) in [5.74, 6) is -1.48. The maximum absolute atomic E-state index is 14.2. The SMILES string of the molecule is CCC(C(=O)O)n1c2c(c3cc(F)cc(Cl)c31)C[C@@H](NC(=O)CCc1cccc(Cl)c1)CC2. The summed E-state index contributed by atoms with van der Waals surface area (Å²) in [6, 6.07) is 9.17. The van der Waals surface area contributed by atoms with Gasteiger partial charge in [0.15, 0.2) is 0 Å². The molecule has 2 aromatic carbocycles. The number of hydrogen-bond donors (Lipinski definition) is 2. The van der Waals surface area contributed by atoms with Crippen LogP contribution in [-0.2, 0) is 28.9 Å². The Balaban J connectivity index is 1.58. The first kappa shape index (κ1) is 23.6. The minimum absolute atomic E-state index is 0.0617. The predicted octanol–water partition coefficient (Wildman–Crippen LogP) is 5.73. The first-order chi connectivity index (χ1) is 15.8. The molecule has 2 N–H and O–H groups in total. The maximum atomic E-state index is 14.2. The number of amides is 1. The molecule has 0 saturated heterocycles. The van der Waals surface area contributed by atoms with E-state index >= 15 is 0 Å². The molecule has 1 amide bonds. The van der Waals surface area contributed by atoms with Crippen LogP contribution in [0.25, 0.3) is 10.9 Å². The minimum Gasteiger partial charge on any atom is -0.480 e. The van der Waals surface area contributed by atoms with Crippen LogP contribution in [0.2, 0.25) is 10.0 Å². The fraction of sp³-hybridized carbons (Fsp3) is 0.360. The van der Waals surface area contributed by atoms with Crippen molar-refractivity contribution in [3.05, 3.63) is 69.1 Å². The minimum atomic E-state index is -0.950. The van der Waals surface area contributed by atoms with Gasteiger partial charge in [-0.1, -0.05) is 42.3 Å². The number of benzene rings is 2. The number of aromatic nitrogens is 1. The molecule has 1 aliphatic rings. The van der Waals surface area contributed by atoms with Gasteiger partial charge in [0, 0.05) is 28.6 Å². The Morgan fingerprint density at radius 1 is 1.27 bits per heavy atom. The third-order valence-corrected chi connectivity index (χ3v) is 6.81. The molecule has 2 atom stereocenters. The van der Waals surface area contributed by atoms with Crippen LogP contribution in [0.3, 0.4) is 0 Å². The zero-order valence-corrected chi connectivity index (χ0v) is 19.7. The molecule has 0 fully saturated rings. The van der Waals surface area contributed by atoms with E-state index in [2.05, 4.69) is 5.32 Å². The van der Waals surface area contributed by atoms with E-state index in [4.69, 9.17) is 23.2 Å². The van der Waals surface area contributed by atoms with E-state index in [1.54, 1.807) is 17.6 Å². The van der Waals surface area contributed by atoms with Crippen molar-refractivity contribution in [3.63, 3.8) is 0 Å². The van der Waals surface area contributed by atoms with E-state index in [9.17, 15) is 19.1 Å². The summed E-state index contributed by atoms with van der Waals surface area (Å²) in [6.07, 6.45) is 3.04. The van der Waals surface area contributed by atoms with Gasteiger partial charge in [-0.15, -0.1) is 0 Å². The van der Waals surface area contributed by atoms with E-state index in [0.717, 1.165) is 16.8 Å². The van der Waals surface area contributed by atoms with Crippen LogP contribution in [0.4, 0.5) is 4.39 Å². The molecule has 8 heteroatoms. The fourth-order valence-corrected chi connectivity index (χ4v) is 5.33. The molecule has 0 bridgehead atoms. The fourth-order valence-electron chi connectivity index (χ4n) is 4.82. The molecular weight excluding hydrogens is 466 g/mol. The standard InChI is InChI=1S/C25H25Cl2FN2O3/c1-2-21(25(32)33)30-22-8-7-17(13-18(22)19-11-16(28)12-20(27)24(19)30)29-23(31)9-6-14-4-3-5-15(26)10-14/h3-5,10-12,17,21H,2,6-9,13H2,1H3,(H,29,31)(H,32,33)/t17-,21?/m0/s1. The largest absolute Gasteiger partial charge is 0.480 e. The number of carboxylic acids is 1. The second-order valence-corrected chi connectivity index (χ2v) is 9.32. The molecule has 0 spiro atoms. The van der Waals surface area contributed by atoms with Gasteiger partial charge in [0.2, 0.25) is 5.91 Å². The van der Waals surface area contributed by atoms with Gasteiger partial charge in [-0.3, -0.25) is 4.79 Å². The molecule has 1 aliphatic carbocycles. The molecule has 3 aromatic rings. The van der Waals surface area contributed by atoms with Crippen molar-refractivity contribution in [2.75, 3.05) is 0 Å². The Bertz CT molecular complexity index is 1220. The molecule has 0 aliphatic heterocycles. The van der Waals surface area contributed by atoms with E-state index < -0.39 is 17.8 Å². The Morgan fingerprint density at radius 2 is 2.06 bits per heavy atom. The third-order valence-electron chi connectivity index (χ3n) is 6.29. The van der Waals surface area contributed by atoms with E-state index in [1.165, 1.54) is 12.1 Å². The van der Waals surface area contributed by atoms with Crippen molar-refractivity contribution in [1.29, 1.82) is 0 Å². The number of rotatable bonds is 7. The van der Waals surface area contributed by atoms with Gasteiger partial charge in [0.05, 0.1) is 10.5 Å². The van der Waals surface area contributed by atoms with Crippen LogP contribution >= 0.6 is 23.2 Å². The van der Waals surface area contributed by atoms with Gasteiger partial charge in [0.25, 0.3) is 0 Å². The number of aryl methyl sites for hydroxylation is 1. The molecule has 4 rings (SSSR count). The monoisotopic (exact) mass is 490 g/mol. The molecule has 1 heterocycles. The van der Waals surface area contributed by atoms with E-state index in [0.29, 0.717) is 54.5 Å². The molecule has 0 saturated carbocycles. The normalized spacial score (nSPS) is 16.4. The van der Waals surface area contributed by atoms with Gasteiger partial charge in [-0.05, 0) is 67.5 Å². The predicted molar refractivity (Wildman–Crippen MR) is 128 cm³/mol. The maximum Gasteiger partial charge on any atom is 0.326 e. The average molecular weight is 491 g/mol. The topological polar surface area (TPSA) is 71.3 Å². The zero-order chi connectivity index (χ0) is 23.7. The third kappa shape index (κ3) is 4.87. The van der Waals surface area contributed by atoms with Crippen molar-refractivity contribution < 1.29 is 19.1 Å². The average Bonchev–Trinajstić information content (AvgIpc) is 3.06. The van der Waals surface area contributed by atoms with Crippen LogP contribution < -0.4 is 5.32 Å². The summed E-state index contributed by atoms with van der Waals surface area (Å²) in [5, 5.41) is 14.3. The van der Waals surface area contributed by atoms with Crippen LogP contribution in [-0.4, -0.2) is 27.6 Å². The molecule has 5 nitrogen and oxygen atoms in total. The second-order valence-electron chi connectivity index (χ2n) is 8.48. The van der Waals surface area contributed by atoms with Crippen molar-refractivity contribution in [1.82, 2.24) is 9.88 Å². The number of hydrogen-bond acceptors (Lipinski definition) is 2. The van der Waals surface area contributed by atoms with Crippen molar-refractivity contribution in [2.24, 2.45) is 0 Å². The van der Waals surface area contributed by atoms with Gasteiger partial charge < -0.3 is 15.0 Å². The zero-order valence-electron chi connectivity index (χ0n) is 18.2. The molecule has 33 heavy (non-hydrogen) atoms. The first-order valence-electron chi connectivity index (χ1n) is 11.1. The van der Waals surface area contributed by atoms with Gasteiger partial charge in [-0.2, -0.15) is 0 Å². The Hall–Kier alpha value is -2.57. The van der Waals surface area contributed by atoms with Crippen LogP contribution in [0.5, 0.6) is 0 Å². The Labute approximate surface area is 201 Å². The number of carbonyl (C=O) groups excluding carboxylic acids is 1. The number of carboxylic acid groups (broad SMARTS) is 1. The van der Waals surface area contributed by atoms with Crippen LogP contribution in [0.1, 0.15) is 49.0 Å². The molecule has 174 valence electrons. The van der Waals surface area contributed by atoms with E-state index in [-0.39, 0.29) is 17.0 Å². The summed E-state index contributed by atoms with van der Waals surface area (Å²) < 4.78 is 16.0. The Kier molecular flexibility index (Phi) is 6.96. The summed E-state index contributed by atoms with van der Waals surface area (Å²) in [6.45, 7) is 1.81. The highest BCUT2D eigenvalue weighted by Gasteiger charge is 2.32. The Morgan fingerprint density at radius 3 is 2.76 bits per heavy atom. The highest BCUT2D eigenvalue weighted by molar-refractivity contribution is 6.35. The van der Waals surface area contributed by atoms with E-state index in [1.807, 2.05) is 18.2 Å². The molecule has 0 radical (unpaired) electrons. The lowest BCUT2D eigenvalue weighted by atomic mass is 9.91. The number of carbonyl (C=O) groups is 2. The van der Waals surface area contributed by atoms with Crippen molar-refractivity contribution in [2.45, 2.75) is 57.5 Å². The van der Waals surface area contributed by atoms with Gasteiger partial charge in [0.1, 0.15) is 11.9 Å². The lowest BCUT2D eigenvalue weighted by Crippen LogP contribution is -2.39. The summed E-state index contributed by atoms with van der Waals surface area (Å²) >= 11 is 12.4. The number of fused-ring (bicyclic) bond motifs is 3. The smallest absolute Gasteiger partial charge is 0.326 e. The van der Waals surface area contributed by atoms with Gasteiger partial charge in [-0.25, -0.2) is 9.18 Å². The lowest BCUT2D eigenvalue weighted by molar-refractivity contribution is -0.141. The lowest BCUT2D eigenvalue weighted by Gasteiger charge is -2.26. The number of aliphatic carboxylic acids is 1. The number of nitrogens with zero attached hydrogens (tertiary/aromatic N) is 1. The highest BCUT2D eigenvalue weighted by Crippen LogP contribution is 2.39. The summed E-state index contributed by atoms with van der Waals surface area (Å²) in [5.41, 5.74) is 3.26. The number of halogens is 3.